The minimum Gasteiger partial charge on any atom is -0.480 e. The number of alkyl carbamates (subject to hydrolysis) is 1. The molecule has 0 radical (unpaired) electrons. The summed E-state index contributed by atoms with van der Waals surface area (Å²) in [7, 11) is 0. The molecule has 0 heterocycles. The zero-order valence-corrected chi connectivity index (χ0v) is 20.6. The first-order valence-corrected chi connectivity index (χ1v) is 11.9. The number of rotatable bonds is 7. The van der Waals surface area contributed by atoms with E-state index in [1.807, 2.05) is 62.4 Å². The van der Waals surface area contributed by atoms with Gasteiger partial charge in [-0.3, -0.25) is 9.59 Å². The summed E-state index contributed by atoms with van der Waals surface area (Å²) in [6, 6.07) is 14.7. The van der Waals surface area contributed by atoms with Crippen LogP contribution >= 0.6 is 0 Å². The molecule has 0 saturated heterocycles. The summed E-state index contributed by atoms with van der Waals surface area (Å²) < 4.78 is 5.46. The van der Waals surface area contributed by atoms with Crippen molar-refractivity contribution in [3.05, 3.63) is 70.9 Å². The van der Waals surface area contributed by atoms with Gasteiger partial charge in [0.2, 0.25) is 0 Å². The highest BCUT2D eigenvalue weighted by molar-refractivity contribution is 6.22. The number of amides is 1. The molecule has 2 aliphatic rings. The quantitative estimate of drug-likeness (QED) is 0.399. The van der Waals surface area contributed by atoms with Crippen molar-refractivity contribution >= 4 is 23.6 Å². The number of fused-ring (bicyclic) bond motifs is 3. The number of carboxylic acid groups (broad SMARTS) is 1. The molecule has 8 heteroatoms. The highest BCUT2D eigenvalue weighted by Crippen LogP contribution is 2.44. The molecule has 1 amide bonds. The molecule has 2 aromatic rings. The average Bonchev–Trinajstić information content (AvgIpc) is 3.12. The van der Waals surface area contributed by atoms with Gasteiger partial charge in [0.15, 0.2) is 11.6 Å². The minimum atomic E-state index is -1.24. The number of carboxylic acids is 1. The van der Waals surface area contributed by atoms with E-state index in [0.717, 1.165) is 22.3 Å². The number of benzene rings is 2. The van der Waals surface area contributed by atoms with E-state index in [2.05, 4.69) is 10.6 Å². The number of allylic oxidation sites excluding steroid dienone is 2. The van der Waals surface area contributed by atoms with Gasteiger partial charge < -0.3 is 20.5 Å². The maximum atomic E-state index is 12.5. The van der Waals surface area contributed by atoms with E-state index in [9.17, 15) is 24.3 Å². The number of aliphatic carboxylic acids is 1. The molecular weight excluding hydrogens is 460 g/mol. The van der Waals surface area contributed by atoms with E-state index in [1.54, 1.807) is 0 Å². The number of nitrogens with one attached hydrogen (secondary N) is 2. The second-order valence-corrected chi connectivity index (χ2v) is 10.1. The van der Waals surface area contributed by atoms with Crippen molar-refractivity contribution in [2.45, 2.75) is 45.6 Å². The number of Topliss-reactive ketones (excluding diaryl/α,β-unsaturated/α-hetero) is 2. The standard InChI is InChI=1S/C28H30N2O6/c1-16(25-23(31)12-28(2,3)13-24(25)32)30-22(26(33)34)14-29-27(35)36-15-21-19-10-6-4-8-17(19)18-9-5-7-11-20(18)21/h4-11,21-22,30H,12-15H2,1-3H3,(H,29,35)(H,33,34)/t22-/m1/s1. The van der Waals surface area contributed by atoms with Gasteiger partial charge in [-0.15, -0.1) is 0 Å². The fraction of sp³-hybridized carbons (Fsp3) is 0.357. The Kier molecular flexibility index (Phi) is 6.97. The summed E-state index contributed by atoms with van der Waals surface area (Å²) in [4.78, 5) is 49.2. The number of ketones is 2. The molecule has 0 aliphatic heterocycles. The predicted octanol–water partition coefficient (Wildman–Crippen LogP) is 3.80. The first-order valence-electron chi connectivity index (χ1n) is 11.9. The van der Waals surface area contributed by atoms with E-state index in [-0.39, 0.29) is 54.7 Å². The first kappa shape index (κ1) is 25.2. The van der Waals surface area contributed by atoms with Gasteiger partial charge in [-0.25, -0.2) is 9.59 Å². The third-order valence-corrected chi connectivity index (χ3v) is 6.69. The maximum absolute atomic E-state index is 12.5. The molecule has 0 bridgehead atoms. The molecule has 1 atom stereocenters. The van der Waals surface area contributed by atoms with Crippen molar-refractivity contribution in [1.29, 1.82) is 0 Å². The Labute approximate surface area is 209 Å². The summed E-state index contributed by atoms with van der Waals surface area (Å²) in [6.45, 7) is 5.02. The lowest BCUT2D eigenvalue weighted by Gasteiger charge is -2.30. The molecule has 4 rings (SSSR count). The average molecular weight is 491 g/mol. The highest BCUT2D eigenvalue weighted by Gasteiger charge is 2.37. The Morgan fingerprint density at radius 2 is 1.53 bits per heavy atom. The van der Waals surface area contributed by atoms with Gasteiger partial charge in [0.25, 0.3) is 0 Å². The Hall–Kier alpha value is -3.94. The molecular formula is C28H30N2O6. The van der Waals surface area contributed by atoms with Gasteiger partial charge in [-0.2, -0.15) is 0 Å². The smallest absolute Gasteiger partial charge is 0.407 e. The van der Waals surface area contributed by atoms with Crippen LogP contribution in [0.3, 0.4) is 0 Å². The van der Waals surface area contributed by atoms with E-state index in [4.69, 9.17) is 4.74 Å². The van der Waals surface area contributed by atoms with Crippen LogP contribution in [0.4, 0.5) is 4.79 Å². The van der Waals surface area contributed by atoms with Gasteiger partial charge in [-0.05, 0) is 34.6 Å². The molecule has 8 nitrogen and oxygen atoms in total. The minimum absolute atomic E-state index is 0.00159. The van der Waals surface area contributed by atoms with Crippen LogP contribution in [0.5, 0.6) is 0 Å². The van der Waals surface area contributed by atoms with Crippen LogP contribution in [0.1, 0.15) is 50.7 Å². The molecule has 2 aliphatic carbocycles. The lowest BCUT2D eigenvalue weighted by atomic mass is 9.73. The Balaban J connectivity index is 1.37. The van der Waals surface area contributed by atoms with E-state index in [0.29, 0.717) is 0 Å². The number of hydrogen-bond acceptors (Lipinski definition) is 6. The van der Waals surface area contributed by atoms with Crippen molar-refractivity contribution in [3.63, 3.8) is 0 Å². The molecule has 1 saturated carbocycles. The van der Waals surface area contributed by atoms with Crippen molar-refractivity contribution in [1.82, 2.24) is 10.6 Å². The Morgan fingerprint density at radius 1 is 1.00 bits per heavy atom. The number of carbonyl (C=O) groups is 4. The van der Waals surface area contributed by atoms with Crippen molar-refractivity contribution < 1.29 is 29.0 Å². The monoisotopic (exact) mass is 490 g/mol. The Bertz CT molecular complexity index is 1190. The SMILES string of the molecule is CC(N[C@H](CNC(=O)OCC1c2ccccc2-c2ccccc21)C(=O)O)=C1C(=O)CC(C)(C)CC1=O. The van der Waals surface area contributed by atoms with Crippen LogP contribution < -0.4 is 10.6 Å². The number of carbonyl (C=O) groups excluding carboxylic acids is 3. The van der Waals surface area contributed by atoms with Gasteiger partial charge in [-0.1, -0.05) is 62.4 Å². The molecule has 0 spiro atoms. The topological polar surface area (TPSA) is 122 Å². The lowest BCUT2D eigenvalue weighted by Crippen LogP contribution is -2.46. The first-order chi connectivity index (χ1) is 17.1. The molecule has 188 valence electrons. The summed E-state index contributed by atoms with van der Waals surface area (Å²) in [5.41, 5.74) is 4.14. The van der Waals surface area contributed by atoms with Crippen LogP contribution in [0, 0.1) is 5.41 Å². The molecule has 0 unspecified atom stereocenters. The largest absolute Gasteiger partial charge is 0.480 e. The third kappa shape index (κ3) is 5.17. The van der Waals surface area contributed by atoms with Gasteiger partial charge in [0.05, 0.1) is 12.1 Å². The number of ether oxygens (including phenoxy) is 1. The van der Waals surface area contributed by atoms with Crippen LogP contribution in [0.15, 0.2) is 59.8 Å². The predicted molar refractivity (Wildman–Crippen MR) is 133 cm³/mol. The van der Waals surface area contributed by atoms with Crippen molar-refractivity contribution in [3.8, 4) is 11.1 Å². The fourth-order valence-electron chi connectivity index (χ4n) is 5.05. The van der Waals surface area contributed by atoms with E-state index >= 15 is 0 Å². The highest BCUT2D eigenvalue weighted by atomic mass is 16.5. The molecule has 3 N–H and O–H groups in total. The van der Waals surface area contributed by atoms with Crippen molar-refractivity contribution in [2.75, 3.05) is 13.2 Å². The van der Waals surface area contributed by atoms with E-state index < -0.39 is 23.5 Å². The lowest BCUT2D eigenvalue weighted by molar-refractivity contribution is -0.139. The summed E-state index contributed by atoms with van der Waals surface area (Å²) in [5.74, 6) is -1.97. The van der Waals surface area contributed by atoms with Crippen LogP contribution in [-0.2, 0) is 19.1 Å². The molecule has 36 heavy (non-hydrogen) atoms. The second kappa shape index (κ2) is 9.97. The molecule has 0 aromatic heterocycles. The molecule has 2 aromatic carbocycles. The maximum Gasteiger partial charge on any atom is 0.407 e. The Morgan fingerprint density at radius 3 is 2.06 bits per heavy atom. The summed E-state index contributed by atoms with van der Waals surface area (Å²) >= 11 is 0. The second-order valence-electron chi connectivity index (χ2n) is 10.1. The summed E-state index contributed by atoms with van der Waals surface area (Å²) in [5, 5.41) is 14.8. The normalized spacial score (nSPS) is 17.1. The van der Waals surface area contributed by atoms with Crippen LogP contribution in [-0.4, -0.2) is 47.9 Å². The third-order valence-electron chi connectivity index (χ3n) is 6.69. The van der Waals surface area contributed by atoms with Crippen molar-refractivity contribution in [2.24, 2.45) is 5.41 Å². The number of hydrogen-bond donors (Lipinski definition) is 3. The summed E-state index contributed by atoms with van der Waals surface area (Å²) in [6.07, 6.45) is -0.326. The van der Waals surface area contributed by atoms with Gasteiger partial charge in [0, 0.05) is 24.5 Å². The van der Waals surface area contributed by atoms with E-state index in [1.165, 1.54) is 6.92 Å². The van der Waals surface area contributed by atoms with Crippen LogP contribution in [0.2, 0.25) is 0 Å². The van der Waals surface area contributed by atoms with Crippen LogP contribution in [0.25, 0.3) is 11.1 Å². The zero-order valence-electron chi connectivity index (χ0n) is 20.6. The fourth-order valence-corrected chi connectivity index (χ4v) is 5.05. The van der Waals surface area contributed by atoms with Gasteiger partial charge >= 0.3 is 12.1 Å². The zero-order chi connectivity index (χ0) is 26.0. The molecule has 1 fully saturated rings. The van der Waals surface area contributed by atoms with Gasteiger partial charge in [0.1, 0.15) is 12.6 Å².